The van der Waals surface area contributed by atoms with Crippen LogP contribution in [0.5, 0.6) is 0 Å². The van der Waals surface area contributed by atoms with E-state index in [9.17, 15) is 14.4 Å². The van der Waals surface area contributed by atoms with Crippen molar-refractivity contribution in [3.05, 3.63) is 11.6 Å². The topological polar surface area (TPSA) is 116 Å². The number of carbonyl (C=O) groups excluding carboxylic acids is 1. The van der Waals surface area contributed by atoms with Gasteiger partial charge in [0, 0.05) is 5.03 Å². The third kappa shape index (κ3) is 6.66. The predicted octanol–water partition coefficient (Wildman–Crippen LogP) is -0.0340. The van der Waals surface area contributed by atoms with E-state index >= 15 is 0 Å². The van der Waals surface area contributed by atoms with Gasteiger partial charge in [-0.2, -0.15) is 0 Å². The van der Waals surface area contributed by atoms with Crippen LogP contribution in [0.2, 0.25) is 0 Å². The van der Waals surface area contributed by atoms with Crippen molar-refractivity contribution in [1.82, 2.24) is 10.6 Å². The number of halogens is 1. The molecule has 16 heavy (non-hydrogen) atoms. The molecule has 0 saturated heterocycles. The van der Waals surface area contributed by atoms with Gasteiger partial charge in [0.25, 0.3) is 0 Å². The zero-order chi connectivity index (χ0) is 12.7. The summed E-state index contributed by atoms with van der Waals surface area (Å²) in [5.74, 6) is -2.75. The average Bonchev–Trinajstić information content (AvgIpc) is 2.12. The maximum atomic E-state index is 11.1. The van der Waals surface area contributed by atoms with Gasteiger partial charge < -0.3 is 20.8 Å². The Balaban J connectivity index is 4.18. The number of aliphatic carboxylic acids is 2. The highest BCUT2D eigenvalue weighted by molar-refractivity contribution is 6.29. The molecule has 0 aliphatic rings. The van der Waals surface area contributed by atoms with E-state index < -0.39 is 30.4 Å². The lowest BCUT2D eigenvalue weighted by molar-refractivity contribution is -0.145. The molecule has 0 saturated carbocycles. The number of carbonyl (C=O) groups is 3. The Morgan fingerprint density at radius 2 is 1.88 bits per heavy atom. The third-order valence-electron chi connectivity index (χ3n) is 1.42. The smallest absolute Gasteiger partial charge is 0.326 e. The van der Waals surface area contributed by atoms with Gasteiger partial charge in [-0.25, -0.2) is 9.59 Å². The lowest BCUT2D eigenvalue weighted by Crippen LogP contribution is -2.47. The van der Waals surface area contributed by atoms with E-state index in [1.807, 2.05) is 5.32 Å². The molecule has 0 unspecified atom stereocenters. The minimum atomic E-state index is -1.49. The molecule has 90 valence electrons. The minimum absolute atomic E-state index is 0.0349. The van der Waals surface area contributed by atoms with Gasteiger partial charge in [0.15, 0.2) is 0 Å². The Morgan fingerprint density at radius 3 is 2.25 bits per heavy atom. The fourth-order valence-electron chi connectivity index (χ4n) is 0.760. The van der Waals surface area contributed by atoms with Crippen molar-refractivity contribution in [3.8, 4) is 0 Å². The van der Waals surface area contributed by atoms with Crippen molar-refractivity contribution in [2.45, 2.75) is 12.5 Å². The molecular weight excluding hydrogens is 240 g/mol. The van der Waals surface area contributed by atoms with Crippen LogP contribution in [-0.4, -0.2) is 40.8 Å². The second-order valence-corrected chi connectivity index (χ2v) is 3.37. The first-order valence-electron chi connectivity index (χ1n) is 4.15. The van der Waals surface area contributed by atoms with E-state index in [0.717, 1.165) is 0 Å². The van der Waals surface area contributed by atoms with Gasteiger partial charge in [0.2, 0.25) is 0 Å². The maximum absolute atomic E-state index is 11.1. The summed E-state index contributed by atoms with van der Waals surface area (Å²) < 4.78 is 0. The predicted molar refractivity (Wildman–Crippen MR) is 55.2 cm³/mol. The zero-order valence-corrected chi connectivity index (χ0v) is 8.95. The Bertz CT molecular complexity index is 318. The molecule has 0 bridgehead atoms. The lowest BCUT2D eigenvalue weighted by atomic mass is 10.2. The molecule has 0 spiro atoms. The number of rotatable bonds is 6. The molecule has 0 radical (unpaired) electrons. The van der Waals surface area contributed by atoms with Crippen molar-refractivity contribution in [2.24, 2.45) is 0 Å². The lowest BCUT2D eigenvalue weighted by Gasteiger charge is -2.12. The Morgan fingerprint density at radius 1 is 1.31 bits per heavy atom. The first-order chi connectivity index (χ1) is 7.32. The number of hydrogen-bond donors (Lipinski definition) is 4. The van der Waals surface area contributed by atoms with Crippen LogP contribution in [0.4, 0.5) is 4.79 Å². The second kappa shape index (κ2) is 6.67. The summed E-state index contributed by atoms with van der Waals surface area (Å²) in [6, 6.07) is -2.31. The number of hydrogen-bond acceptors (Lipinski definition) is 3. The van der Waals surface area contributed by atoms with Crippen LogP contribution in [0.15, 0.2) is 11.6 Å². The Labute approximate surface area is 96.1 Å². The second-order valence-electron chi connectivity index (χ2n) is 2.83. The van der Waals surface area contributed by atoms with Gasteiger partial charge in [0.1, 0.15) is 6.04 Å². The highest BCUT2D eigenvalue weighted by Crippen LogP contribution is 1.94. The molecule has 1 atom stereocenters. The summed E-state index contributed by atoms with van der Waals surface area (Å²) in [5.41, 5.74) is 0. The molecule has 0 rings (SSSR count). The Hall–Kier alpha value is -1.76. The van der Waals surface area contributed by atoms with E-state index in [2.05, 4.69) is 11.9 Å². The normalized spacial score (nSPS) is 11.3. The number of carboxylic acids is 2. The van der Waals surface area contributed by atoms with Crippen LogP contribution >= 0.6 is 11.6 Å². The van der Waals surface area contributed by atoms with Crippen molar-refractivity contribution in [1.29, 1.82) is 0 Å². The molecule has 2 amide bonds. The maximum Gasteiger partial charge on any atom is 0.326 e. The van der Waals surface area contributed by atoms with E-state index in [1.54, 1.807) is 0 Å². The van der Waals surface area contributed by atoms with Gasteiger partial charge in [-0.15, -0.1) is 0 Å². The minimum Gasteiger partial charge on any atom is -0.481 e. The number of amides is 2. The summed E-state index contributed by atoms with van der Waals surface area (Å²) in [6.07, 6.45) is -0.704. The van der Waals surface area contributed by atoms with Crippen LogP contribution < -0.4 is 10.6 Å². The van der Waals surface area contributed by atoms with Crippen molar-refractivity contribution < 1.29 is 24.6 Å². The van der Waals surface area contributed by atoms with Crippen molar-refractivity contribution in [3.63, 3.8) is 0 Å². The Kier molecular flexibility index (Phi) is 5.94. The molecule has 0 aliphatic carbocycles. The third-order valence-corrected chi connectivity index (χ3v) is 1.56. The molecular formula is C8H11ClN2O5. The first-order valence-corrected chi connectivity index (χ1v) is 4.53. The number of urea groups is 1. The van der Waals surface area contributed by atoms with Crippen molar-refractivity contribution >= 4 is 29.6 Å². The average molecular weight is 251 g/mol. The molecule has 0 fully saturated rings. The van der Waals surface area contributed by atoms with Crippen LogP contribution in [0.3, 0.4) is 0 Å². The van der Waals surface area contributed by atoms with Crippen molar-refractivity contribution in [2.75, 3.05) is 6.54 Å². The van der Waals surface area contributed by atoms with Gasteiger partial charge >= 0.3 is 18.0 Å². The largest absolute Gasteiger partial charge is 0.481 e. The summed E-state index contributed by atoms with van der Waals surface area (Å²) in [6.45, 7) is 3.27. The molecule has 0 aromatic carbocycles. The molecule has 0 aromatic rings. The monoisotopic (exact) mass is 250 g/mol. The summed E-state index contributed by atoms with van der Waals surface area (Å²) >= 11 is 5.36. The summed E-state index contributed by atoms with van der Waals surface area (Å²) in [4.78, 5) is 31.9. The number of nitrogens with one attached hydrogen (secondary N) is 2. The fraction of sp³-hybridized carbons (Fsp3) is 0.375. The highest BCUT2D eigenvalue weighted by Gasteiger charge is 2.22. The SMILES string of the molecule is C=C(Cl)CNC(=O)N[C@H](CC(=O)O)C(=O)O. The van der Waals surface area contributed by atoms with E-state index in [1.165, 1.54) is 0 Å². The van der Waals surface area contributed by atoms with Crippen LogP contribution in [-0.2, 0) is 9.59 Å². The molecule has 0 heterocycles. The summed E-state index contributed by atoms with van der Waals surface area (Å²) in [5, 5.41) is 21.3. The zero-order valence-electron chi connectivity index (χ0n) is 8.20. The first kappa shape index (κ1) is 14.2. The standard InChI is InChI=1S/C8H11ClN2O5/c1-4(9)3-10-8(16)11-5(7(14)15)2-6(12)13/h5H,1-3H2,(H,12,13)(H,14,15)(H2,10,11,16)/t5-/m1/s1. The van der Waals surface area contributed by atoms with Gasteiger partial charge in [-0.3, -0.25) is 4.79 Å². The fourth-order valence-corrected chi connectivity index (χ4v) is 0.827. The van der Waals surface area contributed by atoms with Gasteiger partial charge in [-0.1, -0.05) is 18.2 Å². The summed E-state index contributed by atoms with van der Waals surface area (Å²) in [7, 11) is 0. The van der Waals surface area contributed by atoms with E-state index in [-0.39, 0.29) is 11.6 Å². The van der Waals surface area contributed by atoms with Crippen LogP contribution in [0, 0.1) is 0 Å². The highest BCUT2D eigenvalue weighted by atomic mass is 35.5. The molecule has 0 aliphatic heterocycles. The van der Waals surface area contributed by atoms with E-state index in [4.69, 9.17) is 21.8 Å². The quantitative estimate of drug-likeness (QED) is 0.528. The van der Waals surface area contributed by atoms with E-state index in [0.29, 0.717) is 0 Å². The van der Waals surface area contributed by atoms with Crippen LogP contribution in [0.1, 0.15) is 6.42 Å². The van der Waals surface area contributed by atoms with Gasteiger partial charge in [-0.05, 0) is 0 Å². The number of carboxylic acid groups (broad SMARTS) is 2. The molecule has 7 nitrogen and oxygen atoms in total. The van der Waals surface area contributed by atoms with Crippen LogP contribution in [0.25, 0.3) is 0 Å². The molecule has 0 aromatic heterocycles. The molecule has 8 heteroatoms. The molecule has 4 N–H and O–H groups in total. The van der Waals surface area contributed by atoms with Gasteiger partial charge in [0.05, 0.1) is 13.0 Å².